The van der Waals surface area contributed by atoms with Crippen LogP contribution in [0.1, 0.15) is 20.1 Å². The predicted octanol–water partition coefficient (Wildman–Crippen LogP) is 0.0540. The van der Waals surface area contributed by atoms with Crippen molar-refractivity contribution < 1.29 is 14.4 Å². The summed E-state index contributed by atoms with van der Waals surface area (Å²) in [6.45, 7) is 2.11. The first-order valence-electron chi connectivity index (χ1n) is 5.59. The summed E-state index contributed by atoms with van der Waals surface area (Å²) < 4.78 is 0. The average Bonchev–Trinajstić information content (AvgIpc) is 2.85. The second kappa shape index (κ2) is 4.98. The van der Waals surface area contributed by atoms with Crippen molar-refractivity contribution >= 4 is 29.2 Å². The third-order valence-corrected chi connectivity index (χ3v) is 4.03. The minimum atomic E-state index is -0.379. The van der Waals surface area contributed by atoms with E-state index in [1.54, 1.807) is 13.1 Å². The van der Waals surface area contributed by atoms with Gasteiger partial charge in [0.15, 0.2) is 0 Å². The Kier molecular flexibility index (Phi) is 3.54. The lowest BCUT2D eigenvalue weighted by atomic mass is 10.2. The third-order valence-electron chi connectivity index (χ3n) is 2.93. The summed E-state index contributed by atoms with van der Waals surface area (Å²) in [5, 5.41) is 0. The standard InChI is InChI=1S/C11H14N4O3S/c1-6-7(3-8(19-6)10(17)13-12)4-15-9(16)5-14(2)11(15)18/h3H,4-5,12H2,1-2H3,(H,13,17). The summed E-state index contributed by atoms with van der Waals surface area (Å²) >= 11 is 1.28. The fraction of sp³-hybridized carbons (Fsp3) is 0.364. The normalized spacial score (nSPS) is 15.3. The number of nitrogens with zero attached hydrogens (tertiary/aromatic N) is 2. The van der Waals surface area contributed by atoms with Gasteiger partial charge in [0.05, 0.1) is 11.4 Å². The van der Waals surface area contributed by atoms with Crippen molar-refractivity contribution in [3.8, 4) is 0 Å². The molecule has 0 atom stereocenters. The first kappa shape index (κ1) is 13.5. The molecule has 0 spiro atoms. The highest BCUT2D eigenvalue weighted by Gasteiger charge is 2.33. The molecule has 1 aliphatic heterocycles. The number of nitrogen functional groups attached to an aromatic ring is 1. The number of imide groups is 1. The Labute approximate surface area is 113 Å². The summed E-state index contributed by atoms with van der Waals surface area (Å²) in [6.07, 6.45) is 0. The molecule has 0 aromatic carbocycles. The number of hydrazine groups is 1. The molecule has 19 heavy (non-hydrogen) atoms. The Balaban J connectivity index is 2.20. The van der Waals surface area contributed by atoms with Crippen LogP contribution in [0.25, 0.3) is 0 Å². The number of likely N-dealkylation sites (N-methyl/N-ethyl adjacent to an activating group) is 1. The Bertz CT molecular complexity index is 554. The largest absolute Gasteiger partial charge is 0.327 e. The number of amides is 4. The maximum Gasteiger partial charge on any atom is 0.327 e. The molecule has 8 heteroatoms. The first-order valence-corrected chi connectivity index (χ1v) is 6.41. The van der Waals surface area contributed by atoms with Crippen LogP contribution in [0.15, 0.2) is 6.07 Å². The van der Waals surface area contributed by atoms with Gasteiger partial charge in [-0.1, -0.05) is 0 Å². The fourth-order valence-electron chi connectivity index (χ4n) is 1.85. The van der Waals surface area contributed by atoms with Gasteiger partial charge in [-0.25, -0.2) is 10.6 Å². The van der Waals surface area contributed by atoms with Crippen molar-refractivity contribution in [1.82, 2.24) is 15.2 Å². The molecule has 0 aliphatic carbocycles. The predicted molar refractivity (Wildman–Crippen MR) is 69.3 cm³/mol. The van der Waals surface area contributed by atoms with Gasteiger partial charge in [-0.05, 0) is 18.6 Å². The number of hydrogen-bond donors (Lipinski definition) is 2. The maximum absolute atomic E-state index is 11.8. The zero-order chi connectivity index (χ0) is 14.2. The molecule has 1 fully saturated rings. The molecular weight excluding hydrogens is 268 g/mol. The summed E-state index contributed by atoms with van der Waals surface area (Å²) in [7, 11) is 1.58. The monoisotopic (exact) mass is 282 g/mol. The van der Waals surface area contributed by atoms with E-state index in [2.05, 4.69) is 5.43 Å². The van der Waals surface area contributed by atoms with Crippen LogP contribution in [0.5, 0.6) is 0 Å². The van der Waals surface area contributed by atoms with Crippen molar-refractivity contribution in [1.29, 1.82) is 0 Å². The SMILES string of the molecule is Cc1sc(C(=O)NN)cc1CN1C(=O)CN(C)C1=O. The quantitative estimate of drug-likeness (QED) is 0.354. The van der Waals surface area contributed by atoms with Gasteiger partial charge in [-0.3, -0.25) is 19.9 Å². The zero-order valence-electron chi connectivity index (χ0n) is 10.6. The van der Waals surface area contributed by atoms with E-state index in [9.17, 15) is 14.4 Å². The van der Waals surface area contributed by atoms with E-state index < -0.39 is 0 Å². The van der Waals surface area contributed by atoms with Crippen LogP contribution in [-0.4, -0.2) is 41.2 Å². The molecule has 0 unspecified atom stereocenters. The number of aryl methyl sites for hydroxylation is 1. The molecule has 0 radical (unpaired) electrons. The molecule has 102 valence electrons. The minimum Gasteiger partial charge on any atom is -0.318 e. The van der Waals surface area contributed by atoms with Gasteiger partial charge < -0.3 is 4.90 Å². The number of urea groups is 1. The number of thiophene rings is 1. The summed E-state index contributed by atoms with van der Waals surface area (Å²) in [4.78, 5) is 38.7. The molecule has 1 saturated heterocycles. The highest BCUT2D eigenvalue weighted by Crippen LogP contribution is 2.24. The van der Waals surface area contributed by atoms with Gasteiger partial charge in [0, 0.05) is 11.9 Å². The van der Waals surface area contributed by atoms with Crippen LogP contribution in [0.2, 0.25) is 0 Å². The molecule has 7 nitrogen and oxygen atoms in total. The zero-order valence-corrected chi connectivity index (χ0v) is 11.4. The second-order valence-corrected chi connectivity index (χ2v) is 5.54. The molecule has 2 rings (SSSR count). The molecule has 1 aliphatic rings. The number of rotatable bonds is 3. The van der Waals surface area contributed by atoms with Crippen molar-refractivity contribution in [3.63, 3.8) is 0 Å². The van der Waals surface area contributed by atoms with Crippen molar-refractivity contribution in [2.45, 2.75) is 13.5 Å². The lowest BCUT2D eigenvalue weighted by Gasteiger charge is -2.13. The van der Waals surface area contributed by atoms with Crippen LogP contribution in [0.3, 0.4) is 0 Å². The van der Waals surface area contributed by atoms with Crippen LogP contribution in [0.4, 0.5) is 4.79 Å². The molecule has 0 saturated carbocycles. The van der Waals surface area contributed by atoms with Gasteiger partial charge in [0.2, 0.25) is 0 Å². The Morgan fingerprint density at radius 3 is 2.74 bits per heavy atom. The van der Waals surface area contributed by atoms with Gasteiger partial charge in [-0.2, -0.15) is 0 Å². The van der Waals surface area contributed by atoms with E-state index in [4.69, 9.17) is 5.84 Å². The van der Waals surface area contributed by atoms with Gasteiger partial charge >= 0.3 is 6.03 Å². The highest BCUT2D eigenvalue weighted by atomic mass is 32.1. The molecule has 1 aromatic heterocycles. The number of hydrogen-bond acceptors (Lipinski definition) is 5. The van der Waals surface area contributed by atoms with Crippen LogP contribution >= 0.6 is 11.3 Å². The second-order valence-electron chi connectivity index (χ2n) is 4.28. The minimum absolute atomic E-state index is 0.0954. The maximum atomic E-state index is 11.8. The van der Waals surface area contributed by atoms with Crippen molar-refractivity contribution in [2.24, 2.45) is 5.84 Å². The Morgan fingerprint density at radius 1 is 1.53 bits per heavy atom. The topological polar surface area (TPSA) is 95.7 Å². The van der Waals surface area contributed by atoms with Gasteiger partial charge in [-0.15, -0.1) is 11.3 Å². The van der Waals surface area contributed by atoms with Gasteiger partial charge in [0.25, 0.3) is 11.8 Å². The lowest BCUT2D eigenvalue weighted by molar-refractivity contribution is -0.125. The van der Waals surface area contributed by atoms with E-state index in [0.29, 0.717) is 4.88 Å². The van der Waals surface area contributed by atoms with Crippen LogP contribution < -0.4 is 11.3 Å². The smallest absolute Gasteiger partial charge is 0.318 e. The lowest BCUT2D eigenvalue weighted by Crippen LogP contribution is -2.31. The van der Waals surface area contributed by atoms with E-state index in [-0.39, 0.29) is 30.9 Å². The molecule has 3 N–H and O–H groups in total. The average molecular weight is 282 g/mol. The van der Waals surface area contributed by atoms with Crippen LogP contribution in [-0.2, 0) is 11.3 Å². The van der Waals surface area contributed by atoms with Gasteiger partial charge in [0.1, 0.15) is 6.54 Å². The van der Waals surface area contributed by atoms with Crippen molar-refractivity contribution in [3.05, 3.63) is 21.4 Å². The number of nitrogens with two attached hydrogens (primary N) is 1. The summed E-state index contributed by atoms with van der Waals surface area (Å²) in [6, 6.07) is 1.33. The highest BCUT2D eigenvalue weighted by molar-refractivity contribution is 7.14. The molecule has 0 bridgehead atoms. The van der Waals surface area contributed by atoms with E-state index in [1.165, 1.54) is 21.1 Å². The number of nitrogens with one attached hydrogen (secondary N) is 1. The Hall–Kier alpha value is -1.93. The first-order chi connectivity index (χ1) is 8.93. The Morgan fingerprint density at radius 2 is 2.21 bits per heavy atom. The summed E-state index contributed by atoms with van der Waals surface area (Å²) in [5.74, 6) is 4.46. The van der Waals surface area contributed by atoms with E-state index in [0.717, 1.165) is 10.4 Å². The van der Waals surface area contributed by atoms with E-state index in [1.807, 2.05) is 6.92 Å². The van der Waals surface area contributed by atoms with E-state index >= 15 is 0 Å². The summed E-state index contributed by atoms with van der Waals surface area (Å²) in [5.41, 5.74) is 2.83. The molecule has 4 amide bonds. The van der Waals surface area contributed by atoms with Crippen LogP contribution in [0, 0.1) is 6.92 Å². The number of carbonyl (C=O) groups excluding carboxylic acids is 3. The molecule has 1 aromatic rings. The third kappa shape index (κ3) is 2.45. The number of carbonyl (C=O) groups is 3. The fourth-order valence-corrected chi connectivity index (χ4v) is 2.79. The van der Waals surface area contributed by atoms with Crippen molar-refractivity contribution in [2.75, 3.05) is 13.6 Å². The molecular formula is C11H14N4O3S. The molecule has 2 heterocycles.